The van der Waals surface area contributed by atoms with Crippen molar-refractivity contribution < 1.29 is 19.0 Å². The molecule has 0 saturated carbocycles. The highest BCUT2D eigenvalue weighted by atomic mass is 19.1. The van der Waals surface area contributed by atoms with Crippen LogP contribution in [0.15, 0.2) is 42.9 Å². The Labute approximate surface area is 205 Å². The third-order valence-corrected chi connectivity index (χ3v) is 6.58. The molecule has 0 unspecified atom stereocenters. The summed E-state index contributed by atoms with van der Waals surface area (Å²) in [7, 11) is 0. The Kier molecular flexibility index (Phi) is 7.28. The van der Waals surface area contributed by atoms with E-state index in [0.29, 0.717) is 30.3 Å². The Morgan fingerprint density at radius 3 is 2.43 bits per heavy atom. The predicted octanol–water partition coefficient (Wildman–Crippen LogP) is 4.86. The number of carboxylic acids is 1. The van der Waals surface area contributed by atoms with E-state index in [4.69, 9.17) is 4.74 Å². The van der Waals surface area contributed by atoms with Crippen LogP contribution >= 0.6 is 0 Å². The molecule has 0 atom stereocenters. The van der Waals surface area contributed by atoms with E-state index in [2.05, 4.69) is 33.7 Å². The first-order chi connectivity index (χ1) is 16.7. The molecule has 184 valence electrons. The smallest absolute Gasteiger partial charge is 0.307 e. The molecule has 35 heavy (non-hydrogen) atoms. The summed E-state index contributed by atoms with van der Waals surface area (Å²) < 4.78 is 18.8. The maximum absolute atomic E-state index is 13.1. The third kappa shape index (κ3) is 6.12. The van der Waals surface area contributed by atoms with Crippen molar-refractivity contribution in [2.45, 2.75) is 46.5 Å². The quantitative estimate of drug-likeness (QED) is 0.495. The maximum Gasteiger partial charge on any atom is 0.307 e. The van der Waals surface area contributed by atoms with Gasteiger partial charge < -0.3 is 14.7 Å². The molecule has 1 N–H and O–H groups in total. The van der Waals surface area contributed by atoms with Crippen LogP contribution in [0.1, 0.15) is 43.5 Å². The lowest BCUT2D eigenvalue weighted by Gasteiger charge is -2.39. The molecule has 0 amide bonds. The molecule has 1 aliphatic rings. The molecule has 3 aromatic rings. The number of aryl methyl sites for hydroxylation is 1. The largest absolute Gasteiger partial charge is 0.481 e. The lowest BCUT2D eigenvalue weighted by Crippen LogP contribution is -2.38. The van der Waals surface area contributed by atoms with E-state index < -0.39 is 5.97 Å². The van der Waals surface area contributed by atoms with Gasteiger partial charge >= 0.3 is 5.97 Å². The van der Waals surface area contributed by atoms with E-state index in [0.717, 1.165) is 48.3 Å². The van der Waals surface area contributed by atoms with Crippen LogP contribution in [0.2, 0.25) is 0 Å². The van der Waals surface area contributed by atoms with Gasteiger partial charge in [0.1, 0.15) is 5.82 Å². The molecule has 0 radical (unpaired) electrons. The van der Waals surface area contributed by atoms with Gasteiger partial charge in [0.15, 0.2) is 0 Å². The summed E-state index contributed by atoms with van der Waals surface area (Å²) in [5, 5.41) is 9.56. The zero-order valence-electron chi connectivity index (χ0n) is 20.4. The van der Waals surface area contributed by atoms with Crippen LogP contribution in [-0.2, 0) is 17.6 Å². The van der Waals surface area contributed by atoms with Crippen LogP contribution in [0.25, 0.3) is 11.3 Å². The summed E-state index contributed by atoms with van der Waals surface area (Å²) in [5.41, 5.74) is 4.95. The Balaban J connectivity index is 1.56. The van der Waals surface area contributed by atoms with Crippen LogP contribution in [0.5, 0.6) is 5.88 Å². The van der Waals surface area contributed by atoms with Gasteiger partial charge in [-0.15, -0.1) is 0 Å². The number of carbonyl (C=O) groups is 1. The number of benzene rings is 1. The number of pyridine rings is 1. The van der Waals surface area contributed by atoms with Crippen LogP contribution in [0.3, 0.4) is 0 Å². The Morgan fingerprint density at radius 1 is 1.09 bits per heavy atom. The van der Waals surface area contributed by atoms with Crippen LogP contribution in [0, 0.1) is 18.2 Å². The molecule has 1 aromatic carbocycles. The van der Waals surface area contributed by atoms with Gasteiger partial charge in [-0.1, -0.05) is 26.0 Å². The normalized spacial score (nSPS) is 15.1. The van der Waals surface area contributed by atoms with Gasteiger partial charge in [0, 0.05) is 42.5 Å². The number of halogens is 1. The number of piperidine rings is 1. The maximum atomic E-state index is 13.1. The molecule has 4 rings (SSSR count). The van der Waals surface area contributed by atoms with E-state index in [1.807, 2.05) is 6.92 Å². The summed E-state index contributed by atoms with van der Waals surface area (Å²) in [6, 6.07) is 6.32. The molecule has 8 heteroatoms. The van der Waals surface area contributed by atoms with Crippen molar-refractivity contribution in [3.05, 3.63) is 65.5 Å². The van der Waals surface area contributed by atoms with Crippen molar-refractivity contribution >= 4 is 11.7 Å². The summed E-state index contributed by atoms with van der Waals surface area (Å²) in [6.45, 7) is 8.46. The number of aliphatic carboxylic acids is 1. The fourth-order valence-corrected chi connectivity index (χ4v) is 4.34. The molecule has 0 aliphatic carbocycles. The van der Waals surface area contributed by atoms with Crippen molar-refractivity contribution in [2.24, 2.45) is 5.41 Å². The fourth-order valence-electron chi connectivity index (χ4n) is 4.34. The van der Waals surface area contributed by atoms with E-state index in [-0.39, 0.29) is 17.7 Å². The number of hydrogen-bond acceptors (Lipinski definition) is 6. The zero-order valence-corrected chi connectivity index (χ0v) is 20.4. The van der Waals surface area contributed by atoms with Crippen molar-refractivity contribution in [2.75, 3.05) is 24.6 Å². The molecule has 1 saturated heterocycles. The van der Waals surface area contributed by atoms with E-state index in [1.165, 1.54) is 12.1 Å². The molecule has 1 aliphatic heterocycles. The van der Waals surface area contributed by atoms with Crippen molar-refractivity contribution in [3.63, 3.8) is 0 Å². The second kappa shape index (κ2) is 10.4. The number of rotatable bonds is 8. The standard InChI is InChI=1S/C27H31FN4O3/c1-18-21(14-25(33)34)26(32-11-9-27(2,3)10-12-32)22(15-29-18)23-16-31-24(17-30-23)35-13-8-19-4-6-20(28)7-5-19/h4-7,15-17H,8-14H2,1-3H3,(H,33,34). The Bertz CT molecular complexity index is 1170. The lowest BCUT2D eigenvalue weighted by atomic mass is 9.82. The summed E-state index contributed by atoms with van der Waals surface area (Å²) in [4.78, 5) is 27.4. The minimum Gasteiger partial charge on any atom is -0.481 e. The topological polar surface area (TPSA) is 88.4 Å². The van der Waals surface area contributed by atoms with Gasteiger partial charge in [0.25, 0.3) is 0 Å². The molecule has 0 spiro atoms. The summed E-state index contributed by atoms with van der Waals surface area (Å²) in [6.07, 6.45) is 7.54. The first kappa shape index (κ1) is 24.6. The molecule has 2 aromatic heterocycles. The number of hydrogen-bond donors (Lipinski definition) is 1. The number of anilines is 1. The van der Waals surface area contributed by atoms with Crippen LogP contribution in [-0.4, -0.2) is 45.7 Å². The fraction of sp³-hybridized carbons (Fsp3) is 0.407. The van der Waals surface area contributed by atoms with Crippen molar-refractivity contribution in [3.8, 4) is 17.1 Å². The van der Waals surface area contributed by atoms with E-state index in [9.17, 15) is 14.3 Å². The third-order valence-electron chi connectivity index (χ3n) is 6.58. The van der Waals surface area contributed by atoms with Gasteiger partial charge in [-0.2, -0.15) is 0 Å². The highest BCUT2D eigenvalue weighted by Crippen LogP contribution is 2.39. The van der Waals surface area contributed by atoms with Crippen molar-refractivity contribution in [1.82, 2.24) is 15.0 Å². The molecule has 0 bridgehead atoms. The molecule has 1 fully saturated rings. The first-order valence-electron chi connectivity index (χ1n) is 11.9. The monoisotopic (exact) mass is 478 g/mol. The first-order valence-corrected chi connectivity index (χ1v) is 11.9. The number of carboxylic acid groups (broad SMARTS) is 1. The molecular weight excluding hydrogens is 447 g/mol. The zero-order chi connectivity index (χ0) is 25.0. The van der Waals surface area contributed by atoms with Crippen LogP contribution in [0.4, 0.5) is 10.1 Å². The second-order valence-electron chi connectivity index (χ2n) is 9.77. The number of nitrogens with zero attached hydrogens (tertiary/aromatic N) is 4. The Morgan fingerprint density at radius 2 is 1.80 bits per heavy atom. The minimum atomic E-state index is -0.887. The van der Waals surface area contributed by atoms with Crippen LogP contribution < -0.4 is 9.64 Å². The molecular formula is C27H31FN4O3. The average molecular weight is 479 g/mol. The van der Waals surface area contributed by atoms with Gasteiger partial charge in [-0.25, -0.2) is 14.4 Å². The van der Waals surface area contributed by atoms with Crippen molar-refractivity contribution in [1.29, 1.82) is 0 Å². The van der Waals surface area contributed by atoms with Gasteiger partial charge in [-0.3, -0.25) is 9.78 Å². The van der Waals surface area contributed by atoms with Gasteiger partial charge in [0.2, 0.25) is 5.88 Å². The van der Waals surface area contributed by atoms with Gasteiger partial charge in [0.05, 0.1) is 36.8 Å². The molecule has 3 heterocycles. The lowest BCUT2D eigenvalue weighted by molar-refractivity contribution is -0.136. The summed E-state index contributed by atoms with van der Waals surface area (Å²) >= 11 is 0. The average Bonchev–Trinajstić information content (AvgIpc) is 2.82. The van der Waals surface area contributed by atoms with E-state index in [1.54, 1.807) is 30.7 Å². The number of aromatic nitrogens is 3. The van der Waals surface area contributed by atoms with Gasteiger partial charge in [-0.05, 0) is 42.9 Å². The summed E-state index contributed by atoms with van der Waals surface area (Å²) in [5.74, 6) is -0.759. The number of ether oxygens (including phenoxy) is 1. The molecule has 7 nitrogen and oxygen atoms in total. The second-order valence-corrected chi connectivity index (χ2v) is 9.77. The van der Waals surface area contributed by atoms with E-state index >= 15 is 0 Å². The minimum absolute atomic E-state index is 0.0973. The highest BCUT2D eigenvalue weighted by molar-refractivity contribution is 5.83. The Hall–Kier alpha value is -3.55. The predicted molar refractivity (Wildman–Crippen MR) is 132 cm³/mol. The highest BCUT2D eigenvalue weighted by Gasteiger charge is 2.29. The SMILES string of the molecule is Cc1ncc(-c2cnc(OCCc3ccc(F)cc3)cn2)c(N2CCC(C)(C)CC2)c1CC(=O)O.